The van der Waals surface area contributed by atoms with Crippen molar-refractivity contribution in [2.45, 2.75) is 19.4 Å². The van der Waals surface area contributed by atoms with E-state index in [1.807, 2.05) is 28.9 Å². The van der Waals surface area contributed by atoms with Crippen LogP contribution in [-0.4, -0.2) is 27.1 Å². The smallest absolute Gasteiger partial charge is 0.233 e. The van der Waals surface area contributed by atoms with Crippen LogP contribution in [0.4, 0.5) is 0 Å². The number of aromatic nitrogens is 4. The van der Waals surface area contributed by atoms with E-state index in [2.05, 4.69) is 39.7 Å². The molecule has 1 fully saturated rings. The zero-order valence-corrected chi connectivity index (χ0v) is 13.0. The fourth-order valence-electron chi connectivity index (χ4n) is 2.60. The molecule has 0 N–H and O–H groups in total. The maximum atomic E-state index is 5.05. The molecule has 1 saturated carbocycles. The maximum Gasteiger partial charge on any atom is 0.233 e. The third-order valence-electron chi connectivity index (χ3n) is 4.09. The lowest BCUT2D eigenvalue weighted by Gasteiger charge is -2.04. The second-order valence-corrected chi connectivity index (χ2v) is 5.91. The largest absolute Gasteiger partial charge is 0.480 e. The molecule has 0 aliphatic heterocycles. The summed E-state index contributed by atoms with van der Waals surface area (Å²) in [6.45, 7) is 1.03. The van der Waals surface area contributed by atoms with Crippen molar-refractivity contribution < 1.29 is 4.74 Å². The third-order valence-corrected chi connectivity index (χ3v) is 4.09. The lowest BCUT2D eigenvalue weighted by molar-refractivity contribution is 0.392. The minimum absolute atomic E-state index is 0.517. The summed E-state index contributed by atoms with van der Waals surface area (Å²) in [5.41, 5.74) is 3.93. The monoisotopic (exact) mass is 306 g/mol. The molecule has 3 aromatic rings. The molecule has 0 atom stereocenters. The minimum atomic E-state index is 0.517. The highest BCUT2D eigenvalue weighted by Gasteiger charge is 2.22. The highest BCUT2D eigenvalue weighted by Crippen LogP contribution is 2.31. The molecule has 2 heterocycles. The van der Waals surface area contributed by atoms with Gasteiger partial charge in [-0.05, 0) is 37.0 Å². The second kappa shape index (κ2) is 5.83. The van der Waals surface area contributed by atoms with Gasteiger partial charge in [0.25, 0.3) is 0 Å². The van der Waals surface area contributed by atoms with E-state index >= 15 is 0 Å². The van der Waals surface area contributed by atoms with Gasteiger partial charge in [-0.25, -0.2) is 0 Å². The van der Waals surface area contributed by atoms with Gasteiger partial charge in [-0.15, -0.1) is 10.2 Å². The van der Waals surface area contributed by atoms with Crippen LogP contribution in [0.25, 0.3) is 22.5 Å². The zero-order valence-electron chi connectivity index (χ0n) is 13.0. The van der Waals surface area contributed by atoms with Gasteiger partial charge in [0, 0.05) is 29.9 Å². The fraction of sp³-hybridized carbons (Fsp3) is 0.278. The number of rotatable bonds is 5. The third kappa shape index (κ3) is 3.08. The first kappa shape index (κ1) is 13.9. The van der Waals surface area contributed by atoms with Gasteiger partial charge in [0.15, 0.2) is 0 Å². The van der Waals surface area contributed by atoms with Gasteiger partial charge >= 0.3 is 0 Å². The van der Waals surface area contributed by atoms with Crippen molar-refractivity contribution in [1.82, 2.24) is 20.0 Å². The van der Waals surface area contributed by atoms with Crippen molar-refractivity contribution in [3.63, 3.8) is 0 Å². The number of nitrogens with zero attached hydrogens (tertiary/aromatic N) is 4. The van der Waals surface area contributed by atoms with Crippen LogP contribution in [0, 0.1) is 5.92 Å². The summed E-state index contributed by atoms with van der Waals surface area (Å²) in [5.74, 6) is 1.34. The Bertz CT molecular complexity index is 806. The van der Waals surface area contributed by atoms with E-state index in [0.29, 0.717) is 5.88 Å². The van der Waals surface area contributed by atoms with Crippen LogP contribution in [0.1, 0.15) is 12.8 Å². The fourth-order valence-corrected chi connectivity index (χ4v) is 2.60. The van der Waals surface area contributed by atoms with Crippen molar-refractivity contribution in [3.05, 3.63) is 48.7 Å². The van der Waals surface area contributed by atoms with Crippen LogP contribution >= 0.6 is 0 Å². The first-order valence-corrected chi connectivity index (χ1v) is 7.84. The normalized spacial score (nSPS) is 14.0. The van der Waals surface area contributed by atoms with Crippen LogP contribution < -0.4 is 4.74 Å². The van der Waals surface area contributed by atoms with Crippen LogP contribution in [0.3, 0.4) is 0 Å². The highest BCUT2D eigenvalue weighted by atomic mass is 16.5. The molecular weight excluding hydrogens is 288 g/mol. The van der Waals surface area contributed by atoms with Gasteiger partial charge in [-0.2, -0.15) is 5.10 Å². The van der Waals surface area contributed by atoms with Gasteiger partial charge in [0.2, 0.25) is 5.88 Å². The quantitative estimate of drug-likeness (QED) is 0.724. The van der Waals surface area contributed by atoms with Crippen molar-refractivity contribution in [1.29, 1.82) is 0 Å². The highest BCUT2D eigenvalue weighted by molar-refractivity contribution is 5.69. The molecule has 5 heteroatoms. The Morgan fingerprint density at radius 3 is 2.57 bits per heavy atom. The minimum Gasteiger partial charge on any atom is -0.480 e. The van der Waals surface area contributed by atoms with Crippen molar-refractivity contribution >= 4 is 0 Å². The van der Waals surface area contributed by atoms with E-state index < -0.39 is 0 Å². The molecular formula is C18H18N4O. The molecule has 0 unspecified atom stereocenters. The molecule has 0 bridgehead atoms. The molecule has 23 heavy (non-hydrogen) atoms. The van der Waals surface area contributed by atoms with Crippen LogP contribution in [0.15, 0.2) is 48.7 Å². The van der Waals surface area contributed by atoms with E-state index in [1.165, 1.54) is 12.8 Å². The summed E-state index contributed by atoms with van der Waals surface area (Å²) in [5, 5.41) is 12.9. The Morgan fingerprint density at radius 1 is 1.04 bits per heavy atom. The second-order valence-electron chi connectivity index (χ2n) is 5.91. The molecule has 1 aromatic carbocycles. The van der Waals surface area contributed by atoms with Crippen LogP contribution in [0.5, 0.6) is 5.88 Å². The van der Waals surface area contributed by atoms with Gasteiger partial charge in [0.1, 0.15) is 0 Å². The van der Waals surface area contributed by atoms with E-state index in [-0.39, 0.29) is 0 Å². The Kier molecular flexibility index (Phi) is 3.54. The Labute approximate surface area is 134 Å². The molecule has 0 amide bonds. The summed E-state index contributed by atoms with van der Waals surface area (Å²) in [6.07, 6.45) is 4.73. The molecule has 0 radical (unpaired) electrons. The number of benzene rings is 1. The molecule has 1 aliphatic rings. The summed E-state index contributed by atoms with van der Waals surface area (Å²) >= 11 is 0. The molecule has 0 spiro atoms. The molecule has 116 valence electrons. The molecule has 1 aliphatic carbocycles. The zero-order chi connectivity index (χ0) is 15.6. The molecule has 0 saturated heterocycles. The number of hydrogen-bond acceptors (Lipinski definition) is 4. The Morgan fingerprint density at radius 2 is 1.87 bits per heavy atom. The summed E-state index contributed by atoms with van der Waals surface area (Å²) in [4.78, 5) is 0. The molecule has 5 nitrogen and oxygen atoms in total. The van der Waals surface area contributed by atoms with Gasteiger partial charge < -0.3 is 4.74 Å². The van der Waals surface area contributed by atoms with E-state index in [1.54, 1.807) is 7.11 Å². The summed E-state index contributed by atoms with van der Waals surface area (Å²) < 4.78 is 7.10. The number of methoxy groups -OCH3 is 1. The van der Waals surface area contributed by atoms with E-state index in [0.717, 1.165) is 35.0 Å². The van der Waals surface area contributed by atoms with Crippen molar-refractivity contribution in [2.24, 2.45) is 5.92 Å². The number of hydrogen-bond donors (Lipinski definition) is 0. The van der Waals surface area contributed by atoms with E-state index in [9.17, 15) is 0 Å². The van der Waals surface area contributed by atoms with Gasteiger partial charge in [-0.3, -0.25) is 4.68 Å². The predicted octanol–water partition coefficient (Wildman–Crippen LogP) is 3.43. The van der Waals surface area contributed by atoms with Gasteiger partial charge in [0.05, 0.1) is 18.5 Å². The summed E-state index contributed by atoms with van der Waals surface area (Å²) in [6, 6.07) is 14.0. The number of ether oxygens (including phenoxy) is 1. The van der Waals surface area contributed by atoms with E-state index in [4.69, 9.17) is 4.74 Å². The standard InChI is InChI=1S/C18H18N4O/c1-23-18-8-7-16(19-20-18)14-3-2-4-15(11-14)17-9-10-22(21-17)12-13-5-6-13/h2-4,7-11,13H,5-6,12H2,1H3. The van der Waals surface area contributed by atoms with Crippen LogP contribution in [0.2, 0.25) is 0 Å². The Hall–Kier alpha value is -2.69. The lowest BCUT2D eigenvalue weighted by Crippen LogP contribution is -2.00. The van der Waals surface area contributed by atoms with Crippen molar-refractivity contribution in [3.8, 4) is 28.4 Å². The first-order chi connectivity index (χ1) is 11.3. The van der Waals surface area contributed by atoms with Crippen LogP contribution in [-0.2, 0) is 6.54 Å². The molecule has 4 rings (SSSR count). The topological polar surface area (TPSA) is 52.8 Å². The van der Waals surface area contributed by atoms with Crippen molar-refractivity contribution in [2.75, 3.05) is 7.11 Å². The SMILES string of the molecule is COc1ccc(-c2cccc(-c3ccn(CC4CC4)n3)c2)nn1. The average molecular weight is 306 g/mol. The lowest BCUT2D eigenvalue weighted by atomic mass is 10.1. The first-order valence-electron chi connectivity index (χ1n) is 7.84. The van der Waals surface area contributed by atoms with Gasteiger partial charge in [-0.1, -0.05) is 18.2 Å². The summed E-state index contributed by atoms with van der Waals surface area (Å²) in [7, 11) is 1.59. The molecule has 2 aromatic heterocycles. The average Bonchev–Trinajstić information content (AvgIpc) is 3.30. The Balaban J connectivity index is 1.60. The predicted molar refractivity (Wildman–Crippen MR) is 88.0 cm³/mol. The maximum absolute atomic E-state index is 5.05.